The molecule has 1 aliphatic rings. The number of ether oxygens (including phenoxy) is 1. The molecule has 14 heavy (non-hydrogen) atoms. The number of aromatic amines is 1. The molecule has 1 amide bonds. The van der Waals surface area contributed by atoms with E-state index in [1.54, 1.807) is 0 Å². The summed E-state index contributed by atoms with van der Waals surface area (Å²) in [6.07, 6.45) is -0.710. The van der Waals surface area contributed by atoms with E-state index < -0.39 is 12.1 Å². The van der Waals surface area contributed by atoms with Crippen molar-refractivity contribution < 1.29 is 19.4 Å². The Bertz CT molecular complexity index is 411. The number of amides is 1. The third-order valence-corrected chi connectivity index (χ3v) is 1.84. The number of fused-ring (bicyclic) bond motifs is 1. The van der Waals surface area contributed by atoms with E-state index in [-0.39, 0.29) is 23.2 Å². The van der Waals surface area contributed by atoms with Crippen LogP contribution >= 0.6 is 0 Å². The highest BCUT2D eigenvalue weighted by molar-refractivity contribution is 6.00. The van der Waals surface area contributed by atoms with Crippen LogP contribution < -0.4 is 10.1 Å². The molecule has 2 heterocycles. The average molecular weight is 197 g/mol. The smallest absolute Gasteiger partial charge is 0.357 e. The Labute approximate surface area is 78.1 Å². The first kappa shape index (κ1) is 8.54. The Balaban J connectivity index is 2.45. The average Bonchev–Trinajstić information content (AvgIpc) is 2.48. The van der Waals surface area contributed by atoms with Crippen molar-refractivity contribution in [1.82, 2.24) is 10.2 Å². The molecule has 0 radical (unpaired) electrons. The molecular weight excluding hydrogens is 190 g/mol. The van der Waals surface area contributed by atoms with Gasteiger partial charge in [0.15, 0.2) is 23.4 Å². The predicted octanol–water partition coefficient (Wildman–Crippen LogP) is -0.173. The Morgan fingerprint density at radius 3 is 3.00 bits per heavy atom. The fourth-order valence-corrected chi connectivity index (χ4v) is 1.12. The van der Waals surface area contributed by atoms with Crippen LogP contribution in [0.1, 0.15) is 17.4 Å². The second-order valence-electron chi connectivity index (χ2n) is 2.83. The van der Waals surface area contributed by atoms with E-state index in [4.69, 9.17) is 9.84 Å². The summed E-state index contributed by atoms with van der Waals surface area (Å²) in [6, 6.07) is 0. The Morgan fingerprint density at radius 2 is 2.36 bits per heavy atom. The number of carbonyl (C=O) groups is 2. The minimum absolute atomic E-state index is 0.0737. The van der Waals surface area contributed by atoms with E-state index in [9.17, 15) is 9.59 Å². The summed E-state index contributed by atoms with van der Waals surface area (Å²) in [5.74, 6) is -1.34. The number of H-pyrrole nitrogens is 1. The lowest BCUT2D eigenvalue weighted by Crippen LogP contribution is -2.34. The molecule has 74 valence electrons. The maximum Gasteiger partial charge on any atom is 0.357 e. The van der Waals surface area contributed by atoms with Crippen molar-refractivity contribution in [3.63, 3.8) is 0 Å². The quantitative estimate of drug-likeness (QED) is 0.579. The number of rotatable bonds is 1. The van der Waals surface area contributed by atoms with Crippen molar-refractivity contribution in [2.45, 2.75) is 13.0 Å². The number of aromatic nitrogens is 2. The highest BCUT2D eigenvalue weighted by Gasteiger charge is 2.30. The highest BCUT2D eigenvalue weighted by Crippen LogP contribution is 2.30. The largest absolute Gasteiger partial charge is 0.476 e. The number of hydrogen-bond acceptors (Lipinski definition) is 4. The van der Waals surface area contributed by atoms with Gasteiger partial charge in [-0.2, -0.15) is 5.10 Å². The van der Waals surface area contributed by atoms with Gasteiger partial charge in [0, 0.05) is 0 Å². The molecular formula is C7H7N3O4. The van der Waals surface area contributed by atoms with Crippen LogP contribution in [0.15, 0.2) is 0 Å². The summed E-state index contributed by atoms with van der Waals surface area (Å²) >= 11 is 0. The molecule has 0 spiro atoms. The van der Waals surface area contributed by atoms with Gasteiger partial charge in [0.25, 0.3) is 5.91 Å². The van der Waals surface area contributed by atoms with Crippen LogP contribution in [0.3, 0.4) is 0 Å². The first-order valence-corrected chi connectivity index (χ1v) is 3.88. The van der Waals surface area contributed by atoms with Gasteiger partial charge in [-0.15, -0.1) is 0 Å². The summed E-state index contributed by atoms with van der Waals surface area (Å²) < 4.78 is 5.09. The minimum Gasteiger partial charge on any atom is -0.476 e. The third-order valence-electron chi connectivity index (χ3n) is 1.84. The van der Waals surface area contributed by atoms with Crippen LogP contribution in [-0.2, 0) is 4.79 Å². The lowest BCUT2D eigenvalue weighted by Gasteiger charge is -2.19. The van der Waals surface area contributed by atoms with Crippen molar-refractivity contribution in [2.24, 2.45) is 0 Å². The van der Waals surface area contributed by atoms with Crippen LogP contribution in [-0.4, -0.2) is 33.3 Å². The van der Waals surface area contributed by atoms with Gasteiger partial charge in [0.1, 0.15) is 0 Å². The number of nitrogens with zero attached hydrogens (tertiary/aromatic N) is 1. The molecule has 1 unspecified atom stereocenters. The van der Waals surface area contributed by atoms with E-state index >= 15 is 0 Å². The summed E-state index contributed by atoms with van der Waals surface area (Å²) in [4.78, 5) is 21.8. The standard InChI is InChI=1S/C7H7N3O4/c1-2-6(11)8-5-4(14-2)3(7(12)13)9-10-5/h2H,1H3,(H,12,13)(H2,8,9,10,11). The van der Waals surface area contributed by atoms with E-state index in [0.29, 0.717) is 0 Å². The van der Waals surface area contributed by atoms with Crippen molar-refractivity contribution in [3.05, 3.63) is 5.69 Å². The number of nitrogens with one attached hydrogen (secondary N) is 2. The van der Waals surface area contributed by atoms with Gasteiger partial charge in [-0.3, -0.25) is 9.89 Å². The molecule has 7 nitrogen and oxygen atoms in total. The van der Waals surface area contributed by atoms with Crippen LogP contribution in [0.25, 0.3) is 0 Å². The molecule has 1 aliphatic heterocycles. The van der Waals surface area contributed by atoms with E-state index in [0.717, 1.165) is 0 Å². The number of hydrogen-bond donors (Lipinski definition) is 3. The molecule has 2 rings (SSSR count). The first-order valence-electron chi connectivity index (χ1n) is 3.88. The molecule has 0 saturated heterocycles. The number of carbonyl (C=O) groups excluding carboxylic acids is 1. The van der Waals surface area contributed by atoms with Gasteiger partial charge >= 0.3 is 5.97 Å². The topological polar surface area (TPSA) is 104 Å². The molecule has 0 aliphatic carbocycles. The Kier molecular flexibility index (Phi) is 1.66. The summed E-state index contributed by atoms with van der Waals surface area (Å²) in [5, 5.41) is 17.0. The molecule has 0 saturated carbocycles. The molecule has 0 fully saturated rings. The summed E-state index contributed by atoms with van der Waals surface area (Å²) in [7, 11) is 0. The van der Waals surface area contributed by atoms with Gasteiger partial charge in [0.2, 0.25) is 0 Å². The fourth-order valence-electron chi connectivity index (χ4n) is 1.12. The second-order valence-corrected chi connectivity index (χ2v) is 2.83. The van der Waals surface area contributed by atoms with Crippen LogP contribution in [0.2, 0.25) is 0 Å². The van der Waals surface area contributed by atoms with Crippen LogP contribution in [0, 0.1) is 0 Å². The molecule has 1 aromatic rings. The van der Waals surface area contributed by atoms with Gasteiger partial charge in [0.05, 0.1) is 0 Å². The normalized spacial score (nSPS) is 19.5. The fraction of sp³-hybridized carbons (Fsp3) is 0.286. The van der Waals surface area contributed by atoms with Gasteiger partial charge in [-0.05, 0) is 6.92 Å². The number of aromatic carboxylic acids is 1. The summed E-state index contributed by atoms with van der Waals surface area (Å²) in [5.41, 5.74) is -0.160. The van der Waals surface area contributed by atoms with Gasteiger partial charge in [-0.1, -0.05) is 0 Å². The van der Waals surface area contributed by atoms with Crippen molar-refractivity contribution >= 4 is 17.7 Å². The van der Waals surface area contributed by atoms with Crippen LogP contribution in [0.5, 0.6) is 5.75 Å². The predicted molar refractivity (Wildman–Crippen MR) is 44.3 cm³/mol. The van der Waals surface area contributed by atoms with E-state index in [1.807, 2.05) is 0 Å². The number of carboxylic acids is 1. The van der Waals surface area contributed by atoms with E-state index in [2.05, 4.69) is 15.5 Å². The maximum atomic E-state index is 11.1. The highest BCUT2D eigenvalue weighted by atomic mass is 16.5. The zero-order valence-electron chi connectivity index (χ0n) is 7.20. The maximum absolute atomic E-state index is 11.1. The second kappa shape index (κ2) is 2.72. The first-order chi connectivity index (χ1) is 6.59. The lowest BCUT2D eigenvalue weighted by atomic mass is 10.3. The number of anilines is 1. The Hall–Kier alpha value is -2.05. The molecule has 0 aromatic carbocycles. The molecule has 3 N–H and O–H groups in total. The van der Waals surface area contributed by atoms with Crippen LogP contribution in [0.4, 0.5) is 5.82 Å². The van der Waals surface area contributed by atoms with E-state index in [1.165, 1.54) is 6.92 Å². The molecule has 0 bridgehead atoms. The Morgan fingerprint density at radius 1 is 1.64 bits per heavy atom. The molecule has 7 heteroatoms. The van der Waals surface area contributed by atoms with Crippen molar-refractivity contribution in [2.75, 3.05) is 5.32 Å². The zero-order chi connectivity index (χ0) is 10.3. The summed E-state index contributed by atoms with van der Waals surface area (Å²) in [6.45, 7) is 1.52. The lowest BCUT2D eigenvalue weighted by molar-refractivity contribution is -0.122. The number of carboxylic acid groups (broad SMARTS) is 1. The SMILES string of the molecule is CC1Oc2c(n[nH]c2C(=O)O)NC1=O. The minimum atomic E-state index is -1.18. The molecule has 1 atom stereocenters. The monoisotopic (exact) mass is 197 g/mol. The third kappa shape index (κ3) is 1.10. The van der Waals surface area contributed by atoms with Gasteiger partial charge < -0.3 is 15.2 Å². The van der Waals surface area contributed by atoms with Crippen molar-refractivity contribution in [1.29, 1.82) is 0 Å². The van der Waals surface area contributed by atoms with Gasteiger partial charge in [-0.25, -0.2) is 4.79 Å². The zero-order valence-corrected chi connectivity index (χ0v) is 7.20. The molecule has 1 aromatic heterocycles. The van der Waals surface area contributed by atoms with Crippen molar-refractivity contribution in [3.8, 4) is 5.75 Å².